The van der Waals surface area contributed by atoms with E-state index in [4.69, 9.17) is 5.73 Å². The Hall–Kier alpha value is -0.570. The third-order valence-corrected chi connectivity index (χ3v) is 5.31. The van der Waals surface area contributed by atoms with Crippen molar-refractivity contribution >= 4 is 5.91 Å². The molecule has 3 unspecified atom stereocenters. The Bertz CT molecular complexity index is 299. The van der Waals surface area contributed by atoms with Gasteiger partial charge in [0.25, 0.3) is 0 Å². The Morgan fingerprint density at radius 1 is 1.11 bits per heavy atom. The Morgan fingerprint density at radius 2 is 1.79 bits per heavy atom. The van der Waals surface area contributed by atoms with Crippen LogP contribution in [0.2, 0.25) is 0 Å². The van der Waals surface area contributed by atoms with Gasteiger partial charge in [-0.1, -0.05) is 32.6 Å². The lowest BCUT2D eigenvalue weighted by Gasteiger charge is -2.36. The average molecular weight is 266 g/mol. The Morgan fingerprint density at radius 3 is 2.47 bits per heavy atom. The lowest BCUT2D eigenvalue weighted by atomic mass is 9.76. The van der Waals surface area contributed by atoms with Gasteiger partial charge < -0.3 is 10.6 Å². The van der Waals surface area contributed by atoms with E-state index in [1.54, 1.807) is 0 Å². The smallest absolute Gasteiger partial charge is 0.225 e. The summed E-state index contributed by atoms with van der Waals surface area (Å²) in [6.45, 7) is 3.11. The van der Waals surface area contributed by atoms with E-state index in [2.05, 4.69) is 6.92 Å². The Balaban J connectivity index is 1.86. The predicted molar refractivity (Wildman–Crippen MR) is 78.7 cm³/mol. The van der Waals surface area contributed by atoms with E-state index in [9.17, 15) is 4.79 Å². The highest BCUT2D eigenvalue weighted by molar-refractivity contribution is 5.79. The van der Waals surface area contributed by atoms with E-state index in [0.29, 0.717) is 11.8 Å². The van der Waals surface area contributed by atoms with Crippen molar-refractivity contribution in [1.82, 2.24) is 4.90 Å². The lowest BCUT2D eigenvalue weighted by Crippen LogP contribution is -2.45. The first-order valence-electron chi connectivity index (χ1n) is 8.10. The molecule has 110 valence electrons. The summed E-state index contributed by atoms with van der Waals surface area (Å²) in [5, 5.41) is 0. The number of hydrogen-bond donors (Lipinski definition) is 1. The molecule has 2 rings (SSSR count). The molecule has 0 aromatic rings. The third kappa shape index (κ3) is 3.71. The third-order valence-electron chi connectivity index (χ3n) is 5.31. The van der Waals surface area contributed by atoms with E-state index in [1.165, 1.54) is 32.1 Å². The van der Waals surface area contributed by atoms with Crippen LogP contribution in [0.4, 0.5) is 0 Å². The first kappa shape index (κ1) is 14.8. The van der Waals surface area contributed by atoms with Crippen molar-refractivity contribution in [3.63, 3.8) is 0 Å². The fourth-order valence-electron chi connectivity index (χ4n) is 3.88. The maximum absolute atomic E-state index is 12.6. The predicted octanol–water partition coefficient (Wildman–Crippen LogP) is 2.79. The topological polar surface area (TPSA) is 46.3 Å². The van der Waals surface area contributed by atoms with Gasteiger partial charge in [-0.3, -0.25) is 4.79 Å². The number of nitrogens with two attached hydrogens (primary N) is 1. The SMILES string of the molecule is CC1C(N)CCCC1C(=O)N(C)CC1CCCCC1. The van der Waals surface area contributed by atoms with Crippen LogP contribution in [0.15, 0.2) is 0 Å². The lowest BCUT2D eigenvalue weighted by molar-refractivity contribution is -0.138. The standard InChI is InChI=1S/C16H30N2O/c1-12-14(9-6-10-15(12)17)16(19)18(2)11-13-7-4-3-5-8-13/h12-15H,3-11,17H2,1-2H3. The van der Waals surface area contributed by atoms with E-state index in [-0.39, 0.29) is 12.0 Å². The number of nitrogens with zero attached hydrogens (tertiary/aromatic N) is 1. The van der Waals surface area contributed by atoms with Gasteiger partial charge in [0.05, 0.1) is 0 Å². The molecule has 0 spiro atoms. The fraction of sp³-hybridized carbons (Fsp3) is 0.938. The molecule has 2 fully saturated rings. The van der Waals surface area contributed by atoms with Gasteiger partial charge in [-0.2, -0.15) is 0 Å². The van der Waals surface area contributed by atoms with Gasteiger partial charge in [0.1, 0.15) is 0 Å². The van der Waals surface area contributed by atoms with Crippen LogP contribution in [0.5, 0.6) is 0 Å². The summed E-state index contributed by atoms with van der Waals surface area (Å²) < 4.78 is 0. The fourth-order valence-corrected chi connectivity index (χ4v) is 3.88. The van der Waals surface area contributed by atoms with Crippen LogP contribution < -0.4 is 5.73 Å². The molecule has 1 amide bonds. The van der Waals surface area contributed by atoms with Crippen LogP contribution in [0.3, 0.4) is 0 Å². The Labute approximate surface area is 117 Å². The molecule has 3 atom stereocenters. The van der Waals surface area contributed by atoms with Crippen LogP contribution in [0.25, 0.3) is 0 Å². The van der Waals surface area contributed by atoms with Crippen molar-refractivity contribution in [3.05, 3.63) is 0 Å². The first-order valence-corrected chi connectivity index (χ1v) is 8.10. The highest BCUT2D eigenvalue weighted by Gasteiger charge is 2.34. The van der Waals surface area contributed by atoms with Gasteiger partial charge in [0.2, 0.25) is 5.91 Å². The molecule has 2 saturated carbocycles. The quantitative estimate of drug-likeness (QED) is 0.854. The molecule has 2 aliphatic carbocycles. The molecular weight excluding hydrogens is 236 g/mol. The summed E-state index contributed by atoms with van der Waals surface area (Å²) in [7, 11) is 1.99. The molecule has 0 heterocycles. The molecule has 0 radical (unpaired) electrons. The van der Waals surface area contributed by atoms with Gasteiger partial charge in [0.15, 0.2) is 0 Å². The minimum atomic E-state index is 0.164. The zero-order valence-electron chi connectivity index (χ0n) is 12.6. The van der Waals surface area contributed by atoms with Crippen molar-refractivity contribution < 1.29 is 4.79 Å². The number of amides is 1. The minimum absolute atomic E-state index is 0.164. The van der Waals surface area contributed by atoms with Crippen molar-refractivity contribution in [1.29, 1.82) is 0 Å². The molecule has 2 aliphatic rings. The second-order valence-electron chi connectivity index (χ2n) is 6.78. The maximum Gasteiger partial charge on any atom is 0.225 e. The maximum atomic E-state index is 12.6. The molecule has 0 aromatic carbocycles. The monoisotopic (exact) mass is 266 g/mol. The van der Waals surface area contributed by atoms with E-state index in [0.717, 1.165) is 31.7 Å². The average Bonchev–Trinajstić information content (AvgIpc) is 2.42. The van der Waals surface area contributed by atoms with Crippen molar-refractivity contribution in [2.24, 2.45) is 23.5 Å². The van der Waals surface area contributed by atoms with Crippen LogP contribution in [-0.2, 0) is 4.79 Å². The zero-order valence-corrected chi connectivity index (χ0v) is 12.6. The number of hydrogen-bond acceptors (Lipinski definition) is 2. The van der Waals surface area contributed by atoms with E-state index < -0.39 is 0 Å². The summed E-state index contributed by atoms with van der Waals surface area (Å²) in [4.78, 5) is 14.6. The summed E-state index contributed by atoms with van der Waals surface area (Å²) >= 11 is 0. The molecular formula is C16H30N2O. The molecule has 3 nitrogen and oxygen atoms in total. The molecule has 2 N–H and O–H groups in total. The highest BCUT2D eigenvalue weighted by Crippen LogP contribution is 2.31. The number of rotatable bonds is 3. The summed E-state index contributed by atoms with van der Waals surface area (Å²) in [5.41, 5.74) is 6.12. The zero-order chi connectivity index (χ0) is 13.8. The molecule has 0 saturated heterocycles. The highest BCUT2D eigenvalue weighted by atomic mass is 16.2. The summed E-state index contributed by atoms with van der Waals surface area (Å²) in [6.07, 6.45) is 9.89. The van der Waals surface area contributed by atoms with Gasteiger partial charge >= 0.3 is 0 Å². The van der Waals surface area contributed by atoms with Crippen LogP contribution in [0.1, 0.15) is 58.3 Å². The van der Waals surface area contributed by atoms with Crippen molar-refractivity contribution in [3.8, 4) is 0 Å². The van der Waals surface area contributed by atoms with Crippen molar-refractivity contribution in [2.45, 2.75) is 64.3 Å². The van der Waals surface area contributed by atoms with E-state index in [1.807, 2.05) is 11.9 Å². The van der Waals surface area contributed by atoms with Crippen molar-refractivity contribution in [2.75, 3.05) is 13.6 Å². The normalized spacial score (nSPS) is 33.1. The van der Waals surface area contributed by atoms with Gasteiger partial charge in [-0.05, 0) is 37.5 Å². The molecule has 3 heteroatoms. The molecule has 19 heavy (non-hydrogen) atoms. The van der Waals surface area contributed by atoms with Crippen LogP contribution in [-0.4, -0.2) is 30.4 Å². The summed E-state index contributed by atoms with van der Waals surface area (Å²) in [5.74, 6) is 1.58. The first-order chi connectivity index (χ1) is 9.09. The molecule has 0 aromatic heterocycles. The van der Waals surface area contributed by atoms with Gasteiger partial charge in [-0.15, -0.1) is 0 Å². The molecule has 0 bridgehead atoms. The second-order valence-corrected chi connectivity index (χ2v) is 6.78. The molecule has 0 aliphatic heterocycles. The second kappa shape index (κ2) is 6.74. The van der Waals surface area contributed by atoms with Gasteiger partial charge in [-0.25, -0.2) is 0 Å². The van der Waals surface area contributed by atoms with Crippen LogP contribution >= 0.6 is 0 Å². The van der Waals surface area contributed by atoms with E-state index >= 15 is 0 Å². The van der Waals surface area contributed by atoms with Gasteiger partial charge in [0, 0.05) is 25.6 Å². The number of carbonyl (C=O) groups excluding carboxylic acids is 1. The Kier molecular flexibility index (Phi) is 5.26. The van der Waals surface area contributed by atoms with Crippen LogP contribution in [0, 0.1) is 17.8 Å². The largest absolute Gasteiger partial charge is 0.345 e. The summed E-state index contributed by atoms with van der Waals surface area (Å²) in [6, 6.07) is 0.214. The number of carbonyl (C=O) groups is 1. The minimum Gasteiger partial charge on any atom is -0.345 e.